The zero-order valence-electron chi connectivity index (χ0n) is 13.8. The SMILES string of the molecule is CN(Cc1ccc(Cl)cc1)C(=O)CN(c1cccc(Cl)c1)S(C)(=O)=O. The summed E-state index contributed by atoms with van der Waals surface area (Å²) in [7, 11) is -2.01. The molecule has 0 aliphatic carbocycles. The quantitative estimate of drug-likeness (QED) is 0.746. The monoisotopic (exact) mass is 400 g/mol. The highest BCUT2D eigenvalue weighted by Gasteiger charge is 2.23. The van der Waals surface area contributed by atoms with Crippen LogP contribution >= 0.6 is 23.2 Å². The summed E-state index contributed by atoms with van der Waals surface area (Å²) in [6.45, 7) is 0.0480. The highest BCUT2D eigenvalue weighted by Crippen LogP contribution is 2.22. The van der Waals surface area contributed by atoms with E-state index in [-0.39, 0.29) is 12.5 Å². The minimum atomic E-state index is -3.63. The Kier molecular flexibility index (Phi) is 6.32. The van der Waals surface area contributed by atoms with Gasteiger partial charge in [-0.3, -0.25) is 9.10 Å². The molecule has 25 heavy (non-hydrogen) atoms. The number of benzene rings is 2. The van der Waals surface area contributed by atoms with Crippen molar-refractivity contribution in [3.8, 4) is 0 Å². The molecule has 2 aromatic carbocycles. The third kappa shape index (κ3) is 5.63. The average molecular weight is 401 g/mol. The Bertz CT molecular complexity index is 854. The highest BCUT2D eigenvalue weighted by molar-refractivity contribution is 7.92. The fraction of sp³-hybridized carbons (Fsp3) is 0.235. The topological polar surface area (TPSA) is 57.7 Å². The van der Waals surface area contributed by atoms with Crippen LogP contribution in [0.25, 0.3) is 0 Å². The maximum Gasteiger partial charge on any atom is 0.243 e. The van der Waals surface area contributed by atoms with E-state index < -0.39 is 10.0 Å². The van der Waals surface area contributed by atoms with Gasteiger partial charge in [0.15, 0.2) is 0 Å². The van der Waals surface area contributed by atoms with Gasteiger partial charge in [0.2, 0.25) is 15.9 Å². The van der Waals surface area contributed by atoms with E-state index in [1.54, 1.807) is 37.4 Å². The Balaban J connectivity index is 2.15. The number of carbonyl (C=O) groups excluding carboxylic acids is 1. The van der Waals surface area contributed by atoms with Crippen molar-refractivity contribution >= 4 is 44.8 Å². The number of amides is 1. The summed E-state index contributed by atoms with van der Waals surface area (Å²) < 4.78 is 25.2. The third-order valence-corrected chi connectivity index (χ3v) is 5.16. The van der Waals surface area contributed by atoms with Crippen LogP contribution in [-0.4, -0.2) is 39.1 Å². The van der Waals surface area contributed by atoms with Gasteiger partial charge in [-0.2, -0.15) is 0 Å². The van der Waals surface area contributed by atoms with E-state index in [2.05, 4.69) is 0 Å². The first-order valence-corrected chi connectivity index (χ1v) is 9.99. The van der Waals surface area contributed by atoms with Crippen molar-refractivity contribution in [3.05, 3.63) is 64.1 Å². The smallest absolute Gasteiger partial charge is 0.243 e. The fourth-order valence-corrected chi connectivity index (χ4v) is 3.38. The Morgan fingerprint density at radius 3 is 2.24 bits per heavy atom. The number of halogens is 2. The number of sulfonamides is 1. The van der Waals surface area contributed by atoms with Crippen molar-refractivity contribution in [2.45, 2.75) is 6.54 Å². The second-order valence-electron chi connectivity index (χ2n) is 5.63. The third-order valence-electron chi connectivity index (χ3n) is 3.53. The van der Waals surface area contributed by atoms with E-state index in [9.17, 15) is 13.2 Å². The molecule has 2 rings (SSSR count). The number of carbonyl (C=O) groups is 1. The molecule has 0 aliphatic rings. The molecular weight excluding hydrogens is 383 g/mol. The first-order chi connectivity index (χ1) is 11.7. The van der Waals surface area contributed by atoms with Crippen LogP contribution in [0, 0.1) is 0 Å². The van der Waals surface area contributed by atoms with Crippen molar-refractivity contribution in [2.75, 3.05) is 24.2 Å². The molecule has 8 heteroatoms. The highest BCUT2D eigenvalue weighted by atomic mass is 35.5. The molecule has 0 heterocycles. The predicted molar refractivity (Wildman–Crippen MR) is 102 cm³/mol. The molecule has 0 aliphatic heterocycles. The van der Waals surface area contributed by atoms with Gasteiger partial charge in [0, 0.05) is 23.6 Å². The van der Waals surface area contributed by atoms with Gasteiger partial charge in [0.25, 0.3) is 0 Å². The van der Waals surface area contributed by atoms with Gasteiger partial charge < -0.3 is 4.90 Å². The molecule has 5 nitrogen and oxygen atoms in total. The van der Waals surface area contributed by atoms with Crippen LogP contribution in [0.2, 0.25) is 10.0 Å². The molecule has 0 fully saturated rings. The minimum absolute atomic E-state index is 0.302. The fourth-order valence-electron chi connectivity index (χ4n) is 2.23. The zero-order valence-corrected chi connectivity index (χ0v) is 16.1. The Labute approximate surface area is 157 Å². The van der Waals surface area contributed by atoms with E-state index in [1.165, 1.54) is 11.0 Å². The van der Waals surface area contributed by atoms with E-state index in [0.29, 0.717) is 22.3 Å². The number of rotatable bonds is 6. The maximum absolute atomic E-state index is 12.5. The first kappa shape index (κ1) is 19.6. The van der Waals surface area contributed by atoms with Gasteiger partial charge in [-0.25, -0.2) is 8.42 Å². The van der Waals surface area contributed by atoms with Crippen LogP contribution < -0.4 is 4.31 Å². The summed E-state index contributed by atoms with van der Waals surface area (Å²) in [6.07, 6.45) is 1.06. The van der Waals surface area contributed by atoms with Crippen molar-refractivity contribution in [1.82, 2.24) is 4.90 Å². The average Bonchev–Trinajstić information content (AvgIpc) is 2.53. The summed E-state index contributed by atoms with van der Waals surface area (Å²) in [5, 5.41) is 1.01. The molecule has 2 aromatic rings. The zero-order chi connectivity index (χ0) is 18.6. The maximum atomic E-state index is 12.5. The molecule has 0 atom stereocenters. The minimum Gasteiger partial charge on any atom is -0.340 e. The Hall–Kier alpha value is -1.76. The second-order valence-corrected chi connectivity index (χ2v) is 8.41. The van der Waals surface area contributed by atoms with Crippen molar-refractivity contribution in [1.29, 1.82) is 0 Å². The number of hydrogen-bond donors (Lipinski definition) is 0. The standard InChI is InChI=1S/C17H18Cl2N2O3S/c1-20(11-13-6-8-14(18)9-7-13)17(22)12-21(25(2,23)24)16-5-3-4-15(19)10-16/h3-10H,11-12H2,1-2H3. The van der Waals surface area contributed by atoms with Crippen LogP contribution in [0.5, 0.6) is 0 Å². The van der Waals surface area contributed by atoms with E-state index in [1.807, 2.05) is 12.1 Å². The summed E-state index contributed by atoms with van der Waals surface area (Å²) in [4.78, 5) is 14.0. The lowest BCUT2D eigenvalue weighted by Crippen LogP contribution is -2.41. The first-order valence-electron chi connectivity index (χ1n) is 7.38. The van der Waals surface area contributed by atoms with E-state index in [0.717, 1.165) is 16.1 Å². The second kappa shape index (κ2) is 8.08. The molecule has 0 radical (unpaired) electrons. The summed E-state index contributed by atoms with van der Waals surface area (Å²) >= 11 is 11.8. The van der Waals surface area contributed by atoms with Crippen molar-refractivity contribution < 1.29 is 13.2 Å². The van der Waals surface area contributed by atoms with Gasteiger partial charge in [-0.1, -0.05) is 41.4 Å². The molecule has 1 amide bonds. The molecule has 0 unspecified atom stereocenters. The molecule has 0 bridgehead atoms. The van der Waals surface area contributed by atoms with Crippen LogP contribution in [-0.2, 0) is 21.4 Å². The summed E-state index contributed by atoms with van der Waals surface area (Å²) in [6, 6.07) is 13.5. The van der Waals surface area contributed by atoms with Gasteiger partial charge in [0.1, 0.15) is 6.54 Å². The predicted octanol–water partition coefficient (Wildman–Crippen LogP) is 3.42. The largest absolute Gasteiger partial charge is 0.340 e. The van der Waals surface area contributed by atoms with Crippen LogP contribution in [0.3, 0.4) is 0 Å². The molecule has 0 saturated carbocycles. The van der Waals surface area contributed by atoms with Crippen LogP contribution in [0.4, 0.5) is 5.69 Å². The summed E-state index contributed by atoms with van der Waals surface area (Å²) in [5.74, 6) is -0.333. The van der Waals surface area contributed by atoms with Gasteiger partial charge in [0.05, 0.1) is 11.9 Å². The Morgan fingerprint density at radius 1 is 1.04 bits per heavy atom. The molecular formula is C17H18Cl2N2O3S. The lowest BCUT2D eigenvalue weighted by Gasteiger charge is -2.25. The Morgan fingerprint density at radius 2 is 1.68 bits per heavy atom. The summed E-state index contributed by atoms with van der Waals surface area (Å²) in [5.41, 5.74) is 1.25. The number of anilines is 1. The molecule has 0 spiro atoms. The lowest BCUT2D eigenvalue weighted by atomic mass is 10.2. The molecule has 0 saturated heterocycles. The van der Waals surface area contributed by atoms with E-state index >= 15 is 0 Å². The van der Waals surface area contributed by atoms with Crippen LogP contribution in [0.1, 0.15) is 5.56 Å². The number of nitrogens with zero attached hydrogens (tertiary/aromatic N) is 2. The molecule has 134 valence electrons. The lowest BCUT2D eigenvalue weighted by molar-refractivity contribution is -0.128. The van der Waals surface area contributed by atoms with Gasteiger partial charge in [-0.05, 0) is 35.9 Å². The molecule has 0 N–H and O–H groups in total. The normalized spacial score (nSPS) is 11.2. The van der Waals surface area contributed by atoms with Crippen molar-refractivity contribution in [3.63, 3.8) is 0 Å². The van der Waals surface area contributed by atoms with Gasteiger partial charge in [-0.15, -0.1) is 0 Å². The van der Waals surface area contributed by atoms with Crippen molar-refractivity contribution in [2.24, 2.45) is 0 Å². The number of likely N-dealkylation sites (N-methyl/N-ethyl adjacent to an activating group) is 1. The number of hydrogen-bond acceptors (Lipinski definition) is 3. The van der Waals surface area contributed by atoms with E-state index in [4.69, 9.17) is 23.2 Å². The van der Waals surface area contributed by atoms with Crippen LogP contribution in [0.15, 0.2) is 48.5 Å². The molecule has 0 aromatic heterocycles. The van der Waals surface area contributed by atoms with Gasteiger partial charge >= 0.3 is 0 Å².